The van der Waals surface area contributed by atoms with Crippen LogP contribution in [0, 0.1) is 23.3 Å². The van der Waals surface area contributed by atoms with Gasteiger partial charge in [-0.2, -0.15) is 0 Å². The van der Waals surface area contributed by atoms with E-state index in [1.807, 2.05) is 67.6 Å². The maximum atomic E-state index is 14.7. The summed E-state index contributed by atoms with van der Waals surface area (Å²) in [5.41, 5.74) is 2.10. The zero-order chi connectivity index (χ0) is 44.3. The Balaban J connectivity index is 0.000000173. The summed E-state index contributed by atoms with van der Waals surface area (Å²) >= 11 is 0. The van der Waals surface area contributed by atoms with Crippen molar-refractivity contribution in [2.24, 2.45) is 0 Å². The Morgan fingerprint density at radius 2 is 1.05 bits per heavy atom. The fraction of sp³-hybridized carbons (Fsp3) is 0.385. The molecular formula is C52H56F4N4O4. The largest absolute Gasteiger partial charge is 0.487 e. The molecule has 8 nitrogen and oxygen atoms in total. The second-order valence-corrected chi connectivity index (χ2v) is 18.0. The minimum Gasteiger partial charge on any atom is -0.487 e. The van der Waals surface area contributed by atoms with Crippen LogP contribution in [0.3, 0.4) is 0 Å². The maximum Gasteiger partial charge on any atom is 0.220 e. The van der Waals surface area contributed by atoms with Crippen molar-refractivity contribution in [3.8, 4) is 11.5 Å². The normalized spacial score (nSPS) is 23.5. The van der Waals surface area contributed by atoms with E-state index in [0.717, 1.165) is 104 Å². The summed E-state index contributed by atoms with van der Waals surface area (Å²) in [5, 5.41) is 3.37. The topological polar surface area (TPSA) is 74.4 Å². The molecule has 6 heterocycles. The van der Waals surface area contributed by atoms with Crippen LogP contribution in [0.5, 0.6) is 11.5 Å². The van der Waals surface area contributed by atoms with Crippen LogP contribution in [0.15, 0.2) is 109 Å². The van der Waals surface area contributed by atoms with Crippen LogP contribution in [0.25, 0.3) is 11.1 Å². The van der Waals surface area contributed by atoms with Crippen LogP contribution in [0.1, 0.15) is 89.0 Å². The molecule has 4 aromatic carbocycles. The number of allylic oxidation sites excluding steroid dienone is 1. The van der Waals surface area contributed by atoms with Gasteiger partial charge >= 0.3 is 0 Å². The molecule has 0 aliphatic carbocycles. The van der Waals surface area contributed by atoms with Crippen LogP contribution >= 0.6 is 0 Å². The van der Waals surface area contributed by atoms with Crippen molar-refractivity contribution in [1.82, 2.24) is 20.0 Å². The first-order valence-electron chi connectivity index (χ1n) is 21.7. The van der Waals surface area contributed by atoms with E-state index < -0.39 is 45.5 Å². The van der Waals surface area contributed by atoms with E-state index in [-0.39, 0.29) is 43.5 Å². The smallest absolute Gasteiger partial charge is 0.220 e. The summed E-state index contributed by atoms with van der Waals surface area (Å²) in [4.78, 5) is 31.6. The Labute approximate surface area is 373 Å². The number of carbonyl (C=O) groups excluding carboxylic acids is 2. The molecule has 1 N–H and O–H groups in total. The molecular weight excluding hydrogens is 821 g/mol. The number of fused-ring (bicyclic) bond motifs is 4. The average Bonchev–Trinajstić information content (AvgIpc) is 3.83. The highest BCUT2D eigenvalue weighted by Crippen LogP contribution is 2.56. The van der Waals surface area contributed by atoms with Gasteiger partial charge in [0.1, 0.15) is 46.0 Å². The lowest BCUT2D eigenvalue weighted by atomic mass is 9.72. The summed E-state index contributed by atoms with van der Waals surface area (Å²) in [6, 6.07) is 22.5. The molecule has 0 saturated carbocycles. The molecule has 64 heavy (non-hydrogen) atoms. The number of benzene rings is 4. The highest BCUT2D eigenvalue weighted by atomic mass is 19.1. The van der Waals surface area contributed by atoms with Crippen molar-refractivity contribution in [3.63, 3.8) is 0 Å². The summed E-state index contributed by atoms with van der Waals surface area (Å²) in [6.45, 7) is 12.9. The predicted molar refractivity (Wildman–Crippen MR) is 240 cm³/mol. The Morgan fingerprint density at radius 1 is 0.625 bits per heavy atom. The highest BCUT2D eigenvalue weighted by molar-refractivity contribution is 5.85. The minimum atomic E-state index is -0.778. The van der Waals surface area contributed by atoms with Crippen molar-refractivity contribution >= 4 is 23.0 Å². The van der Waals surface area contributed by atoms with E-state index >= 15 is 0 Å². The van der Waals surface area contributed by atoms with Gasteiger partial charge in [0.05, 0.1) is 11.1 Å². The van der Waals surface area contributed by atoms with E-state index in [1.165, 1.54) is 26.0 Å². The molecule has 0 aromatic heterocycles. The quantitative estimate of drug-likeness (QED) is 0.207. The Hall–Kier alpha value is -5.88. The number of hydrogen-bond acceptors (Lipinski definition) is 6. The molecule has 12 heteroatoms. The first kappa shape index (κ1) is 44.7. The van der Waals surface area contributed by atoms with Crippen LogP contribution in [0.2, 0.25) is 0 Å². The van der Waals surface area contributed by atoms with Gasteiger partial charge in [0.15, 0.2) is 0 Å². The van der Waals surface area contributed by atoms with E-state index in [0.29, 0.717) is 24.0 Å². The molecule has 2 fully saturated rings. The second-order valence-electron chi connectivity index (χ2n) is 18.0. The average molecular weight is 877 g/mol. The second kappa shape index (κ2) is 16.9. The highest BCUT2D eigenvalue weighted by Gasteiger charge is 2.57. The van der Waals surface area contributed by atoms with Gasteiger partial charge in [0.2, 0.25) is 11.8 Å². The number of nitrogens with zero attached hydrogens (tertiary/aromatic N) is 3. The molecule has 0 bridgehead atoms. The minimum absolute atomic E-state index is 0. The Morgan fingerprint density at radius 3 is 1.47 bits per heavy atom. The predicted octanol–water partition coefficient (Wildman–Crippen LogP) is 9.90. The molecule has 2 amide bonds. The molecule has 6 aliphatic rings. The molecule has 336 valence electrons. The number of halogens is 4. The van der Waals surface area contributed by atoms with Crippen LogP contribution in [-0.4, -0.2) is 77.0 Å². The van der Waals surface area contributed by atoms with Gasteiger partial charge in [0, 0.05) is 93.7 Å². The monoisotopic (exact) mass is 876 g/mol. The van der Waals surface area contributed by atoms with Gasteiger partial charge in [-0.15, -0.1) is 0 Å². The van der Waals surface area contributed by atoms with Crippen LogP contribution < -0.4 is 14.8 Å². The number of piperidine rings is 2. The van der Waals surface area contributed by atoms with Gasteiger partial charge in [-0.25, -0.2) is 17.6 Å². The zero-order valence-corrected chi connectivity index (χ0v) is 35.9. The molecule has 0 radical (unpaired) electrons. The summed E-state index contributed by atoms with van der Waals surface area (Å²) in [6.07, 6.45) is 8.34. The SMILES string of the molecule is C.C=C(C)N1CCC2(CC1)CC1(C=C(c3cc(F)ccc3F)CN1C(C)=O)c1ccccc1O2.CC(=O)N1CC(c2cc(F)ccc2F)=CC12CC1(CCNCC1)Oc1ccccc12. The third kappa shape index (κ3) is 7.77. The number of hydrogen-bond donors (Lipinski definition) is 1. The van der Waals surface area contributed by atoms with Gasteiger partial charge < -0.3 is 29.5 Å². The lowest BCUT2D eigenvalue weighted by Gasteiger charge is -2.52. The maximum absolute atomic E-state index is 14.7. The number of rotatable bonds is 3. The molecule has 4 aromatic rings. The fourth-order valence-electron chi connectivity index (χ4n) is 11.1. The molecule has 2 saturated heterocycles. The number of amides is 2. The van der Waals surface area contributed by atoms with Crippen molar-refractivity contribution in [2.45, 2.75) is 89.0 Å². The van der Waals surface area contributed by atoms with Gasteiger partial charge in [0.25, 0.3) is 0 Å². The van der Waals surface area contributed by atoms with Gasteiger partial charge in [-0.3, -0.25) is 9.59 Å². The summed E-state index contributed by atoms with van der Waals surface area (Å²) in [7, 11) is 0. The number of para-hydroxylation sites is 2. The van der Waals surface area contributed by atoms with E-state index in [4.69, 9.17) is 9.47 Å². The number of carbonyl (C=O) groups is 2. The molecule has 2 unspecified atom stereocenters. The Kier molecular flexibility index (Phi) is 11.8. The molecule has 2 atom stereocenters. The lowest BCUT2D eigenvalue weighted by Crippen LogP contribution is -2.58. The van der Waals surface area contributed by atoms with Gasteiger partial charge in [-0.05, 0) is 105 Å². The Bertz CT molecular complexity index is 2560. The number of ether oxygens (including phenoxy) is 2. The van der Waals surface area contributed by atoms with E-state index in [9.17, 15) is 27.2 Å². The lowest BCUT2D eigenvalue weighted by molar-refractivity contribution is -0.137. The third-order valence-electron chi connectivity index (χ3n) is 14.0. The number of nitrogens with one attached hydrogen (secondary N) is 1. The first-order valence-corrected chi connectivity index (χ1v) is 21.7. The third-order valence-corrected chi connectivity index (χ3v) is 14.0. The summed E-state index contributed by atoms with van der Waals surface area (Å²) in [5.74, 6) is -0.676. The molecule has 6 aliphatic heterocycles. The van der Waals surface area contributed by atoms with Gasteiger partial charge in [-0.1, -0.05) is 50.4 Å². The molecule has 4 spiro atoms. The van der Waals surface area contributed by atoms with Crippen molar-refractivity contribution in [1.29, 1.82) is 0 Å². The van der Waals surface area contributed by atoms with Crippen molar-refractivity contribution in [3.05, 3.63) is 155 Å². The summed E-state index contributed by atoms with van der Waals surface area (Å²) < 4.78 is 70.4. The van der Waals surface area contributed by atoms with Crippen molar-refractivity contribution in [2.75, 3.05) is 39.3 Å². The molecule has 10 rings (SSSR count). The fourth-order valence-corrected chi connectivity index (χ4v) is 11.1. The van der Waals surface area contributed by atoms with Crippen molar-refractivity contribution < 1.29 is 36.6 Å². The first-order chi connectivity index (χ1) is 30.2. The van der Waals surface area contributed by atoms with E-state index in [1.54, 1.807) is 9.80 Å². The van der Waals surface area contributed by atoms with E-state index in [2.05, 4.69) is 16.8 Å². The number of likely N-dealkylation sites (tertiary alicyclic amines) is 1. The zero-order valence-electron chi connectivity index (χ0n) is 35.9. The van der Waals surface area contributed by atoms with Crippen LogP contribution in [-0.2, 0) is 20.7 Å². The van der Waals surface area contributed by atoms with Crippen LogP contribution in [0.4, 0.5) is 17.6 Å². The standard InChI is InChI=1S/C27H28F2N2O2.C24H24F2N2O2.CH4/c1-18(2)30-12-10-26(11-13-30)17-27(23-6-4-5-7-25(23)33-26)15-20(16-31(27)19(3)32)22-14-21(28)8-9-24(22)29;1-16(29)28-14-17(19-12-18(25)6-7-21(19)26)13-24(28)15-23(8-10-27-11-9-23)30-22-5-3-2-4-20(22)24;/h4-9,14-15H,1,10-13,16-17H2,2-3H3;2-7,12-13,27H,8-11,14-15H2,1H3;1H4.